The van der Waals surface area contributed by atoms with E-state index in [1.807, 2.05) is 0 Å². The van der Waals surface area contributed by atoms with Gasteiger partial charge in [-0.2, -0.15) is 0 Å². The summed E-state index contributed by atoms with van der Waals surface area (Å²) in [5.41, 5.74) is 1.01. The lowest BCUT2D eigenvalue weighted by atomic mass is 10.2. The number of rotatable bonds is 5. The van der Waals surface area contributed by atoms with Crippen molar-refractivity contribution in [2.75, 3.05) is 26.0 Å². The van der Waals surface area contributed by atoms with E-state index in [1.165, 1.54) is 4.90 Å². The zero-order chi connectivity index (χ0) is 16.8. The maximum absolute atomic E-state index is 12.1. The van der Waals surface area contributed by atoms with Crippen LogP contribution in [0.25, 0.3) is 0 Å². The van der Waals surface area contributed by atoms with Crippen LogP contribution in [0.4, 0.5) is 5.69 Å². The summed E-state index contributed by atoms with van der Waals surface area (Å²) in [6, 6.07) is 10.1. The zero-order valence-corrected chi connectivity index (χ0v) is 13.6. The van der Waals surface area contributed by atoms with Gasteiger partial charge in [0.2, 0.25) is 0 Å². The average Bonchev–Trinajstić information content (AvgIpc) is 2.54. The molecule has 2 N–H and O–H groups in total. The molecule has 0 spiro atoms. The summed E-state index contributed by atoms with van der Waals surface area (Å²) < 4.78 is 5.75. The number of amides is 2. The molecule has 23 heavy (non-hydrogen) atoms. The fourth-order valence-electron chi connectivity index (χ4n) is 1.71. The van der Waals surface area contributed by atoms with Crippen molar-refractivity contribution in [1.82, 2.24) is 9.88 Å². The molecule has 0 radical (unpaired) electrons. The molecule has 2 rings (SSSR count). The van der Waals surface area contributed by atoms with E-state index >= 15 is 0 Å². The molecule has 1 aromatic heterocycles. The Balaban J connectivity index is 1.98. The van der Waals surface area contributed by atoms with Crippen LogP contribution in [0.1, 0.15) is 10.4 Å². The van der Waals surface area contributed by atoms with Crippen molar-refractivity contribution in [2.45, 2.75) is 0 Å². The lowest BCUT2D eigenvalue weighted by Gasteiger charge is -2.11. The highest BCUT2D eigenvalue weighted by Gasteiger charge is 2.08. The Morgan fingerprint density at radius 2 is 1.91 bits per heavy atom. The van der Waals surface area contributed by atoms with E-state index in [-0.39, 0.29) is 18.4 Å². The number of nitrogens with one attached hydrogen (secondary N) is 2. The molecule has 0 saturated carbocycles. The standard InChI is InChI=1S/C16H17N3O3S/c1-19(2)14(20)10-22-12-7-5-11(6-8-12)18-15(21)13-4-3-9-17-16(13)23/h3-9H,10H2,1-2H3,(H,17,23)(H,18,21). The number of aromatic nitrogens is 1. The summed E-state index contributed by atoms with van der Waals surface area (Å²) in [6.07, 6.45) is 1.67. The topological polar surface area (TPSA) is 74.4 Å². The van der Waals surface area contributed by atoms with E-state index in [0.717, 1.165) is 0 Å². The number of hydrogen-bond acceptors (Lipinski definition) is 4. The summed E-state index contributed by atoms with van der Waals surface area (Å²) in [7, 11) is 3.33. The maximum atomic E-state index is 12.1. The molecule has 0 saturated heterocycles. The van der Waals surface area contributed by atoms with E-state index < -0.39 is 0 Å². The average molecular weight is 331 g/mol. The van der Waals surface area contributed by atoms with Gasteiger partial charge in [-0.25, -0.2) is 0 Å². The third kappa shape index (κ3) is 4.65. The quantitative estimate of drug-likeness (QED) is 0.826. The predicted molar refractivity (Wildman–Crippen MR) is 90.2 cm³/mol. The van der Waals surface area contributed by atoms with Crippen molar-refractivity contribution >= 4 is 29.7 Å². The highest BCUT2D eigenvalue weighted by atomic mass is 32.1. The minimum atomic E-state index is -0.289. The zero-order valence-electron chi connectivity index (χ0n) is 12.8. The smallest absolute Gasteiger partial charge is 0.259 e. The molecule has 2 amide bonds. The van der Waals surface area contributed by atoms with E-state index in [1.54, 1.807) is 56.7 Å². The van der Waals surface area contributed by atoms with Gasteiger partial charge in [0, 0.05) is 26.0 Å². The van der Waals surface area contributed by atoms with Crippen LogP contribution in [0.2, 0.25) is 0 Å². The molecule has 1 heterocycles. The van der Waals surface area contributed by atoms with Gasteiger partial charge in [-0.3, -0.25) is 9.59 Å². The van der Waals surface area contributed by atoms with Crippen LogP contribution < -0.4 is 10.1 Å². The molecule has 0 fully saturated rings. The molecule has 6 nitrogen and oxygen atoms in total. The van der Waals surface area contributed by atoms with Gasteiger partial charge >= 0.3 is 0 Å². The van der Waals surface area contributed by atoms with E-state index in [0.29, 0.717) is 21.6 Å². The number of carbonyl (C=O) groups is 2. The monoisotopic (exact) mass is 331 g/mol. The fraction of sp³-hybridized carbons (Fsp3) is 0.188. The number of H-pyrrole nitrogens is 1. The second kappa shape index (κ2) is 7.55. The van der Waals surface area contributed by atoms with Crippen LogP contribution in [0.15, 0.2) is 42.6 Å². The Bertz CT molecular complexity index is 754. The van der Waals surface area contributed by atoms with Crippen LogP contribution in [-0.4, -0.2) is 42.4 Å². The van der Waals surface area contributed by atoms with Crippen LogP contribution in [0, 0.1) is 4.64 Å². The predicted octanol–water partition coefficient (Wildman–Crippen LogP) is 2.46. The number of hydrogen-bond donors (Lipinski definition) is 2. The summed E-state index contributed by atoms with van der Waals surface area (Å²) >= 11 is 5.07. The molecule has 1 aromatic carbocycles. The van der Waals surface area contributed by atoms with Crippen molar-refractivity contribution in [1.29, 1.82) is 0 Å². The minimum Gasteiger partial charge on any atom is -0.484 e. The summed E-state index contributed by atoms with van der Waals surface area (Å²) in [6.45, 7) is -0.0299. The lowest BCUT2D eigenvalue weighted by Crippen LogP contribution is -2.27. The SMILES string of the molecule is CN(C)C(=O)COc1ccc(NC(=O)c2ccc[nH]c2=S)cc1. The molecule has 0 unspecified atom stereocenters. The van der Waals surface area contributed by atoms with Gasteiger partial charge in [0.15, 0.2) is 6.61 Å². The number of anilines is 1. The van der Waals surface area contributed by atoms with Gasteiger partial charge < -0.3 is 19.9 Å². The van der Waals surface area contributed by atoms with E-state index in [4.69, 9.17) is 17.0 Å². The highest BCUT2D eigenvalue weighted by Crippen LogP contribution is 2.16. The first kappa shape index (κ1) is 16.7. The maximum Gasteiger partial charge on any atom is 0.259 e. The number of nitrogens with zero attached hydrogens (tertiary/aromatic N) is 1. The number of benzene rings is 1. The third-order valence-corrected chi connectivity index (χ3v) is 3.37. The molecule has 0 atom stereocenters. The normalized spacial score (nSPS) is 10.0. The second-order valence-electron chi connectivity index (χ2n) is 4.97. The number of pyridine rings is 1. The van der Waals surface area contributed by atoms with Gasteiger partial charge in [0.05, 0.1) is 5.56 Å². The molecule has 120 valence electrons. The number of carbonyl (C=O) groups excluding carboxylic acids is 2. The summed E-state index contributed by atoms with van der Waals surface area (Å²) in [4.78, 5) is 27.8. The third-order valence-electron chi connectivity index (χ3n) is 3.04. The van der Waals surface area contributed by atoms with Crippen molar-refractivity contribution < 1.29 is 14.3 Å². The molecule has 0 bridgehead atoms. The molecule has 0 aliphatic carbocycles. The van der Waals surface area contributed by atoms with Crippen LogP contribution >= 0.6 is 12.2 Å². The molecule has 0 aliphatic rings. The summed E-state index contributed by atoms with van der Waals surface area (Å²) in [5.74, 6) is 0.138. The molecule has 2 aromatic rings. The summed E-state index contributed by atoms with van der Waals surface area (Å²) in [5, 5.41) is 2.75. The van der Waals surface area contributed by atoms with E-state index in [9.17, 15) is 9.59 Å². The van der Waals surface area contributed by atoms with Crippen LogP contribution in [0.3, 0.4) is 0 Å². The second-order valence-corrected chi connectivity index (χ2v) is 5.38. The first-order valence-corrected chi connectivity index (χ1v) is 7.30. The van der Waals surface area contributed by atoms with Crippen molar-refractivity contribution in [3.63, 3.8) is 0 Å². The van der Waals surface area contributed by atoms with Crippen LogP contribution in [-0.2, 0) is 4.79 Å². The Labute approximate surface area is 139 Å². The Hall–Kier alpha value is -2.67. The first-order valence-electron chi connectivity index (χ1n) is 6.89. The number of likely N-dealkylation sites (N-methyl/N-ethyl adjacent to an activating group) is 1. The number of ether oxygens (including phenoxy) is 1. The lowest BCUT2D eigenvalue weighted by molar-refractivity contribution is -0.130. The van der Waals surface area contributed by atoms with Gasteiger partial charge in [-0.15, -0.1) is 0 Å². The molecular formula is C16H17N3O3S. The Morgan fingerprint density at radius 3 is 2.52 bits per heavy atom. The van der Waals surface area contributed by atoms with Gasteiger partial charge in [-0.05, 0) is 36.4 Å². The minimum absolute atomic E-state index is 0.0299. The molecule has 7 heteroatoms. The Kier molecular flexibility index (Phi) is 5.48. The van der Waals surface area contributed by atoms with E-state index in [2.05, 4.69) is 10.3 Å². The van der Waals surface area contributed by atoms with Gasteiger partial charge in [0.25, 0.3) is 11.8 Å². The molecule has 0 aliphatic heterocycles. The van der Waals surface area contributed by atoms with Crippen LogP contribution in [0.5, 0.6) is 5.75 Å². The largest absolute Gasteiger partial charge is 0.484 e. The van der Waals surface area contributed by atoms with Crippen molar-refractivity contribution in [3.05, 3.63) is 52.8 Å². The fourth-order valence-corrected chi connectivity index (χ4v) is 1.94. The first-order chi connectivity index (χ1) is 11.0. The van der Waals surface area contributed by atoms with Gasteiger partial charge in [0.1, 0.15) is 10.4 Å². The highest BCUT2D eigenvalue weighted by molar-refractivity contribution is 7.71. The van der Waals surface area contributed by atoms with Gasteiger partial charge in [-0.1, -0.05) is 12.2 Å². The van der Waals surface area contributed by atoms with Crippen molar-refractivity contribution in [2.24, 2.45) is 0 Å². The van der Waals surface area contributed by atoms with Crippen molar-refractivity contribution in [3.8, 4) is 5.75 Å². The Morgan fingerprint density at radius 1 is 1.22 bits per heavy atom. The molecular weight excluding hydrogens is 314 g/mol. The number of aromatic amines is 1.